The average molecular weight is 445 g/mol. The minimum absolute atomic E-state index is 0.263. The van der Waals surface area contributed by atoms with Crippen molar-refractivity contribution in [1.29, 1.82) is 0 Å². The summed E-state index contributed by atoms with van der Waals surface area (Å²) in [4.78, 5) is 17.6. The maximum atomic E-state index is 13.1. The number of nitrogens with zero attached hydrogens (tertiary/aromatic N) is 3. The number of furan rings is 1. The summed E-state index contributed by atoms with van der Waals surface area (Å²) in [6.45, 7) is 0. The predicted octanol–water partition coefficient (Wildman–Crippen LogP) is 4.28. The number of ether oxygens (including phenoxy) is 1. The van der Waals surface area contributed by atoms with Gasteiger partial charge in [-0.05, 0) is 60.2 Å². The lowest BCUT2D eigenvalue weighted by Crippen LogP contribution is -2.23. The van der Waals surface area contributed by atoms with Crippen molar-refractivity contribution >= 4 is 34.5 Å². The lowest BCUT2D eigenvalue weighted by molar-refractivity contribution is 0.415. The van der Waals surface area contributed by atoms with Gasteiger partial charge in [-0.3, -0.25) is 4.79 Å². The van der Waals surface area contributed by atoms with E-state index in [1.807, 2.05) is 30.3 Å². The fourth-order valence-electron chi connectivity index (χ4n) is 3.13. The fourth-order valence-corrected chi connectivity index (χ4v) is 4.03. The van der Waals surface area contributed by atoms with Crippen LogP contribution in [0.2, 0.25) is 0 Å². The van der Waals surface area contributed by atoms with Gasteiger partial charge in [-0.25, -0.2) is 4.39 Å². The summed E-state index contributed by atoms with van der Waals surface area (Å²) in [7, 11) is 1.62. The van der Waals surface area contributed by atoms with Gasteiger partial charge < -0.3 is 9.15 Å². The highest BCUT2D eigenvalue weighted by atomic mass is 32.1. The number of methoxy groups -OCH3 is 1. The minimum atomic E-state index is -0.310. The Kier molecular flexibility index (Phi) is 5.12. The van der Waals surface area contributed by atoms with E-state index in [0.717, 1.165) is 16.9 Å². The maximum absolute atomic E-state index is 13.1. The number of thiazole rings is 1. The number of fused-ring (bicyclic) bond motifs is 1. The van der Waals surface area contributed by atoms with Gasteiger partial charge in [0.2, 0.25) is 4.96 Å². The van der Waals surface area contributed by atoms with Crippen molar-refractivity contribution in [3.63, 3.8) is 0 Å². The van der Waals surface area contributed by atoms with Crippen LogP contribution in [0.25, 0.3) is 34.5 Å². The highest BCUT2D eigenvalue weighted by Crippen LogP contribution is 2.22. The van der Waals surface area contributed by atoms with Crippen LogP contribution in [-0.2, 0) is 0 Å². The quantitative estimate of drug-likeness (QED) is 0.404. The second-order valence-electron chi connectivity index (χ2n) is 6.90. The molecule has 0 spiro atoms. The second kappa shape index (κ2) is 8.24. The van der Waals surface area contributed by atoms with Gasteiger partial charge in [-0.2, -0.15) is 9.50 Å². The van der Waals surface area contributed by atoms with Crippen LogP contribution in [0.3, 0.4) is 0 Å². The first-order valence-electron chi connectivity index (χ1n) is 9.68. The zero-order valence-corrected chi connectivity index (χ0v) is 17.7. The predicted molar refractivity (Wildman–Crippen MR) is 122 cm³/mol. The summed E-state index contributed by atoms with van der Waals surface area (Å²) in [5.74, 6) is 2.03. The van der Waals surface area contributed by atoms with Crippen molar-refractivity contribution in [3.8, 4) is 17.1 Å². The van der Waals surface area contributed by atoms with E-state index in [4.69, 9.17) is 9.15 Å². The van der Waals surface area contributed by atoms with Gasteiger partial charge in [0.15, 0.2) is 5.82 Å². The van der Waals surface area contributed by atoms with E-state index >= 15 is 0 Å². The lowest BCUT2D eigenvalue weighted by Gasteiger charge is -1.98. The van der Waals surface area contributed by atoms with Crippen LogP contribution in [0.15, 0.2) is 69.9 Å². The molecule has 0 aliphatic carbocycles. The number of rotatable bonds is 5. The van der Waals surface area contributed by atoms with E-state index in [0.29, 0.717) is 26.8 Å². The normalized spacial score (nSPS) is 12.2. The molecule has 0 saturated heterocycles. The number of hydrogen-bond acceptors (Lipinski definition) is 6. The maximum Gasteiger partial charge on any atom is 0.291 e. The third-order valence-electron chi connectivity index (χ3n) is 4.77. The summed E-state index contributed by atoms with van der Waals surface area (Å²) < 4.78 is 25.8. The monoisotopic (exact) mass is 445 g/mol. The van der Waals surface area contributed by atoms with Gasteiger partial charge in [0.25, 0.3) is 5.56 Å². The molecule has 6 nitrogen and oxygen atoms in total. The van der Waals surface area contributed by atoms with Gasteiger partial charge in [0, 0.05) is 11.6 Å². The van der Waals surface area contributed by atoms with Gasteiger partial charge in [0.05, 0.1) is 7.11 Å². The molecule has 0 fully saturated rings. The number of hydrogen-bond donors (Lipinski definition) is 0. The summed E-state index contributed by atoms with van der Waals surface area (Å²) in [6, 6.07) is 17.1. The van der Waals surface area contributed by atoms with Crippen molar-refractivity contribution < 1.29 is 13.5 Å². The topological polar surface area (TPSA) is 69.6 Å². The molecule has 0 bridgehead atoms. The van der Waals surface area contributed by atoms with Crippen LogP contribution in [-0.4, -0.2) is 21.7 Å². The molecule has 0 atom stereocenters. The van der Waals surface area contributed by atoms with Crippen molar-refractivity contribution in [2.45, 2.75) is 0 Å². The first-order valence-corrected chi connectivity index (χ1v) is 10.5. The second-order valence-corrected chi connectivity index (χ2v) is 7.90. The van der Waals surface area contributed by atoms with Crippen molar-refractivity contribution in [2.24, 2.45) is 0 Å². The smallest absolute Gasteiger partial charge is 0.291 e. The number of benzene rings is 2. The summed E-state index contributed by atoms with van der Waals surface area (Å²) in [5, 5.41) is 4.29. The van der Waals surface area contributed by atoms with Crippen LogP contribution in [0, 0.1) is 5.82 Å². The lowest BCUT2D eigenvalue weighted by atomic mass is 10.2. The Labute approximate surface area is 185 Å². The van der Waals surface area contributed by atoms with Gasteiger partial charge >= 0.3 is 0 Å². The Morgan fingerprint density at radius 1 is 1.03 bits per heavy atom. The van der Waals surface area contributed by atoms with Gasteiger partial charge in [-0.1, -0.05) is 29.5 Å². The molecule has 158 valence electrons. The van der Waals surface area contributed by atoms with Crippen LogP contribution in [0.1, 0.15) is 17.1 Å². The molecule has 0 aliphatic rings. The molecule has 5 rings (SSSR count). The van der Waals surface area contributed by atoms with Crippen molar-refractivity contribution in [1.82, 2.24) is 14.6 Å². The molecule has 0 saturated carbocycles. The Balaban J connectivity index is 1.40. The van der Waals surface area contributed by atoms with Gasteiger partial charge in [0.1, 0.15) is 27.6 Å². The molecule has 0 unspecified atom stereocenters. The molecule has 0 aliphatic heterocycles. The summed E-state index contributed by atoms with van der Waals surface area (Å²) >= 11 is 1.23. The summed E-state index contributed by atoms with van der Waals surface area (Å²) in [6.07, 6.45) is 5.28. The molecule has 8 heteroatoms. The van der Waals surface area contributed by atoms with Crippen LogP contribution in [0.5, 0.6) is 5.75 Å². The molecule has 3 heterocycles. The highest BCUT2D eigenvalue weighted by molar-refractivity contribution is 7.15. The first-order chi connectivity index (χ1) is 15.6. The molecule has 2 aromatic carbocycles. The van der Waals surface area contributed by atoms with Crippen LogP contribution < -0.4 is 14.8 Å². The van der Waals surface area contributed by atoms with E-state index in [9.17, 15) is 9.18 Å². The zero-order valence-electron chi connectivity index (χ0n) is 16.9. The number of aromatic nitrogens is 3. The molecule has 32 heavy (non-hydrogen) atoms. The van der Waals surface area contributed by atoms with E-state index in [1.54, 1.807) is 43.5 Å². The van der Waals surface area contributed by atoms with Crippen molar-refractivity contribution in [2.75, 3.05) is 7.11 Å². The average Bonchev–Trinajstić information content (AvgIpc) is 3.51. The standard InChI is InChI=1S/C24H16FN3O3S/c1-30-18-9-2-15(3-10-18)4-13-22-26-24-28(27-22)23(29)21(32-24)14-19-11-12-20(31-19)16-5-7-17(25)8-6-16/h2-14H,1H3/b13-4+,21-14-. The van der Waals surface area contributed by atoms with Crippen LogP contribution in [0.4, 0.5) is 4.39 Å². The third-order valence-corrected chi connectivity index (χ3v) is 5.73. The van der Waals surface area contributed by atoms with Crippen molar-refractivity contribution in [3.05, 3.63) is 98.5 Å². The highest BCUT2D eigenvalue weighted by Gasteiger charge is 2.10. The zero-order chi connectivity index (χ0) is 22.1. The Hall–Kier alpha value is -4.04. The molecular weight excluding hydrogens is 429 g/mol. The number of halogens is 1. The molecule has 3 aromatic heterocycles. The van der Waals surface area contributed by atoms with Gasteiger partial charge in [-0.15, -0.1) is 5.10 Å². The first kappa shape index (κ1) is 19.9. The third kappa shape index (κ3) is 3.95. The Morgan fingerprint density at radius 2 is 1.81 bits per heavy atom. The largest absolute Gasteiger partial charge is 0.497 e. The molecule has 0 radical (unpaired) electrons. The molecule has 5 aromatic rings. The van der Waals surface area contributed by atoms with Crippen LogP contribution >= 0.6 is 11.3 Å². The molecular formula is C24H16FN3O3S. The van der Waals surface area contributed by atoms with E-state index in [-0.39, 0.29) is 11.4 Å². The molecule has 0 amide bonds. The SMILES string of the molecule is COc1ccc(/C=C/c2nc3s/c(=C\c4ccc(-c5ccc(F)cc5)o4)c(=O)n3n2)cc1. The Bertz CT molecular complexity index is 1530. The van der Waals surface area contributed by atoms with E-state index < -0.39 is 0 Å². The molecule has 0 N–H and O–H groups in total. The Morgan fingerprint density at radius 3 is 2.53 bits per heavy atom. The fraction of sp³-hybridized carbons (Fsp3) is 0.0417. The van der Waals surface area contributed by atoms with E-state index in [2.05, 4.69) is 10.1 Å². The van der Waals surface area contributed by atoms with E-state index in [1.165, 1.54) is 28.0 Å². The minimum Gasteiger partial charge on any atom is -0.497 e. The summed E-state index contributed by atoms with van der Waals surface area (Å²) in [5.41, 5.74) is 1.46.